The maximum atomic E-state index is 12.1. The highest BCUT2D eigenvalue weighted by atomic mass is 35.5. The lowest BCUT2D eigenvalue weighted by Crippen LogP contribution is -2.25. The van der Waals surface area contributed by atoms with Crippen molar-refractivity contribution in [2.75, 3.05) is 11.1 Å². The molecule has 0 radical (unpaired) electrons. The van der Waals surface area contributed by atoms with E-state index in [1.54, 1.807) is 36.4 Å². The molecule has 4 nitrogen and oxygen atoms in total. The fourth-order valence-electron chi connectivity index (χ4n) is 2.32. The van der Waals surface area contributed by atoms with Crippen LogP contribution in [0.25, 0.3) is 0 Å². The number of hydrogen-bond donors (Lipinski definition) is 2. The second-order valence-corrected chi connectivity index (χ2v) is 7.92. The Morgan fingerprint density at radius 2 is 1.88 bits per heavy atom. The van der Waals surface area contributed by atoms with Crippen molar-refractivity contribution in [3.05, 3.63) is 63.6 Å². The predicted molar refractivity (Wildman–Crippen MR) is 108 cm³/mol. The van der Waals surface area contributed by atoms with Crippen LogP contribution in [-0.4, -0.2) is 23.6 Å². The van der Waals surface area contributed by atoms with Crippen molar-refractivity contribution in [1.82, 2.24) is 5.32 Å². The van der Waals surface area contributed by atoms with E-state index in [1.807, 2.05) is 6.07 Å². The van der Waals surface area contributed by atoms with Gasteiger partial charge in [-0.1, -0.05) is 35.3 Å². The van der Waals surface area contributed by atoms with Gasteiger partial charge < -0.3 is 10.6 Å². The zero-order valence-electron chi connectivity index (χ0n) is 13.9. The monoisotopic (exact) mass is 408 g/mol. The number of halogens is 2. The van der Waals surface area contributed by atoms with E-state index in [1.165, 1.54) is 11.8 Å². The molecule has 0 aromatic heterocycles. The summed E-state index contributed by atoms with van der Waals surface area (Å²) in [5, 5.41) is 6.79. The van der Waals surface area contributed by atoms with Crippen LogP contribution in [0.3, 0.4) is 0 Å². The summed E-state index contributed by atoms with van der Waals surface area (Å²) >= 11 is 13.4. The van der Waals surface area contributed by atoms with Crippen molar-refractivity contribution in [2.24, 2.45) is 0 Å². The standard InChI is InChI=1S/C19H18Cl2N2O2S/c20-16-7-4-12(8-17(16)21)10-26-11-18(24)22-15-3-1-2-13(9-15)19(25)23-14-5-6-14/h1-4,7-9,14H,5-6,10-11H2,(H,22,24)(H,23,25). The molecule has 0 saturated heterocycles. The second-order valence-electron chi connectivity index (χ2n) is 6.12. The normalized spacial score (nSPS) is 13.3. The minimum atomic E-state index is -0.116. The van der Waals surface area contributed by atoms with E-state index in [0.29, 0.717) is 38.8 Å². The van der Waals surface area contributed by atoms with Crippen molar-refractivity contribution in [3.63, 3.8) is 0 Å². The zero-order chi connectivity index (χ0) is 18.5. The first-order valence-electron chi connectivity index (χ1n) is 8.24. The lowest BCUT2D eigenvalue weighted by atomic mass is 10.2. The van der Waals surface area contributed by atoms with Gasteiger partial charge in [0.15, 0.2) is 0 Å². The highest BCUT2D eigenvalue weighted by Crippen LogP contribution is 2.25. The summed E-state index contributed by atoms with van der Waals surface area (Å²) in [6.07, 6.45) is 2.08. The first-order chi connectivity index (χ1) is 12.5. The zero-order valence-corrected chi connectivity index (χ0v) is 16.3. The van der Waals surface area contributed by atoms with Crippen LogP contribution in [0.15, 0.2) is 42.5 Å². The number of benzene rings is 2. The topological polar surface area (TPSA) is 58.2 Å². The molecule has 2 N–H and O–H groups in total. The maximum Gasteiger partial charge on any atom is 0.251 e. The van der Waals surface area contributed by atoms with Crippen molar-refractivity contribution >= 4 is 52.5 Å². The van der Waals surface area contributed by atoms with Crippen LogP contribution < -0.4 is 10.6 Å². The number of carbonyl (C=O) groups is 2. The van der Waals surface area contributed by atoms with Gasteiger partial charge in [-0.15, -0.1) is 11.8 Å². The Bertz CT molecular complexity index is 825. The summed E-state index contributed by atoms with van der Waals surface area (Å²) in [5.74, 6) is 0.750. The minimum absolute atomic E-state index is 0.0995. The summed E-state index contributed by atoms with van der Waals surface area (Å²) in [6, 6.07) is 12.7. The molecule has 1 saturated carbocycles. The summed E-state index contributed by atoms with van der Waals surface area (Å²) in [5.41, 5.74) is 2.18. The van der Waals surface area contributed by atoms with Crippen LogP contribution in [0.2, 0.25) is 10.0 Å². The number of nitrogens with one attached hydrogen (secondary N) is 2. The molecule has 0 bridgehead atoms. The summed E-state index contributed by atoms with van der Waals surface area (Å²) in [6.45, 7) is 0. The minimum Gasteiger partial charge on any atom is -0.349 e. The third kappa shape index (κ3) is 5.66. The van der Waals surface area contributed by atoms with Gasteiger partial charge in [-0.05, 0) is 48.7 Å². The average molecular weight is 409 g/mol. The maximum absolute atomic E-state index is 12.1. The largest absolute Gasteiger partial charge is 0.349 e. The van der Waals surface area contributed by atoms with E-state index in [2.05, 4.69) is 10.6 Å². The number of rotatable bonds is 7. The number of carbonyl (C=O) groups excluding carboxylic acids is 2. The lowest BCUT2D eigenvalue weighted by molar-refractivity contribution is -0.113. The van der Waals surface area contributed by atoms with Gasteiger partial charge in [-0.25, -0.2) is 0 Å². The second kappa shape index (κ2) is 8.80. The van der Waals surface area contributed by atoms with E-state index in [-0.39, 0.29) is 11.8 Å². The van der Waals surface area contributed by atoms with Crippen molar-refractivity contribution in [2.45, 2.75) is 24.6 Å². The Labute approximate surface area is 166 Å². The van der Waals surface area contributed by atoms with Gasteiger partial charge in [0.2, 0.25) is 5.91 Å². The van der Waals surface area contributed by atoms with Crippen LogP contribution >= 0.6 is 35.0 Å². The van der Waals surface area contributed by atoms with Crippen LogP contribution in [0.4, 0.5) is 5.69 Å². The third-order valence-corrected chi connectivity index (χ3v) is 5.55. The smallest absolute Gasteiger partial charge is 0.251 e. The number of hydrogen-bond acceptors (Lipinski definition) is 3. The lowest BCUT2D eigenvalue weighted by Gasteiger charge is -2.08. The van der Waals surface area contributed by atoms with Gasteiger partial charge in [0, 0.05) is 23.0 Å². The molecule has 0 unspecified atom stereocenters. The highest BCUT2D eigenvalue weighted by Gasteiger charge is 2.23. The molecule has 2 amide bonds. The molecular weight excluding hydrogens is 391 g/mol. The Hall–Kier alpha value is -1.69. The number of anilines is 1. The molecule has 2 aromatic carbocycles. The van der Waals surface area contributed by atoms with Gasteiger partial charge in [-0.2, -0.15) is 0 Å². The van der Waals surface area contributed by atoms with E-state index in [4.69, 9.17) is 23.2 Å². The molecule has 2 aromatic rings. The molecule has 0 heterocycles. The van der Waals surface area contributed by atoms with Crippen LogP contribution in [-0.2, 0) is 10.5 Å². The summed E-state index contributed by atoms with van der Waals surface area (Å²) in [7, 11) is 0. The first-order valence-corrected chi connectivity index (χ1v) is 10.1. The fourth-order valence-corrected chi connectivity index (χ4v) is 3.42. The van der Waals surface area contributed by atoms with E-state index < -0.39 is 0 Å². The molecule has 1 aliphatic carbocycles. The summed E-state index contributed by atoms with van der Waals surface area (Å²) < 4.78 is 0. The average Bonchev–Trinajstić information content (AvgIpc) is 3.42. The molecule has 7 heteroatoms. The predicted octanol–water partition coefficient (Wildman–Crippen LogP) is 4.76. The molecule has 0 spiro atoms. The SMILES string of the molecule is O=C(CSCc1ccc(Cl)c(Cl)c1)Nc1cccc(C(=O)NC2CC2)c1. The Morgan fingerprint density at radius 1 is 1.08 bits per heavy atom. The van der Waals surface area contributed by atoms with E-state index >= 15 is 0 Å². The van der Waals surface area contributed by atoms with Crippen molar-refractivity contribution in [1.29, 1.82) is 0 Å². The van der Waals surface area contributed by atoms with E-state index in [0.717, 1.165) is 18.4 Å². The summed E-state index contributed by atoms with van der Waals surface area (Å²) in [4.78, 5) is 24.2. The molecule has 0 atom stereocenters. The van der Waals surface area contributed by atoms with Gasteiger partial charge in [-0.3, -0.25) is 9.59 Å². The van der Waals surface area contributed by atoms with Crippen LogP contribution in [0, 0.1) is 0 Å². The number of thioether (sulfide) groups is 1. The first kappa shape index (κ1) is 19.1. The quantitative estimate of drug-likeness (QED) is 0.694. The van der Waals surface area contributed by atoms with Gasteiger partial charge >= 0.3 is 0 Å². The molecule has 1 fully saturated rings. The molecular formula is C19H18Cl2N2O2S. The Balaban J connectivity index is 1.48. The molecule has 26 heavy (non-hydrogen) atoms. The Kier molecular flexibility index (Phi) is 6.46. The molecule has 1 aliphatic rings. The highest BCUT2D eigenvalue weighted by molar-refractivity contribution is 7.99. The van der Waals surface area contributed by atoms with Gasteiger partial charge in [0.1, 0.15) is 0 Å². The molecule has 3 rings (SSSR count). The molecule has 136 valence electrons. The van der Waals surface area contributed by atoms with E-state index in [9.17, 15) is 9.59 Å². The van der Waals surface area contributed by atoms with Crippen molar-refractivity contribution < 1.29 is 9.59 Å². The third-order valence-electron chi connectivity index (χ3n) is 3.81. The van der Waals surface area contributed by atoms with Crippen LogP contribution in [0.5, 0.6) is 0 Å². The van der Waals surface area contributed by atoms with Gasteiger partial charge in [0.05, 0.1) is 15.8 Å². The Morgan fingerprint density at radius 3 is 2.62 bits per heavy atom. The van der Waals surface area contributed by atoms with Crippen LogP contribution in [0.1, 0.15) is 28.8 Å². The fraction of sp³-hybridized carbons (Fsp3) is 0.263. The van der Waals surface area contributed by atoms with Gasteiger partial charge in [0.25, 0.3) is 5.91 Å². The molecule has 0 aliphatic heterocycles. The number of amides is 2. The van der Waals surface area contributed by atoms with Crippen molar-refractivity contribution in [3.8, 4) is 0 Å².